The number of hydrogen-bond acceptors (Lipinski definition) is 2. The van der Waals surface area contributed by atoms with Gasteiger partial charge in [0.2, 0.25) is 0 Å². The number of rotatable bonds is 3. The van der Waals surface area contributed by atoms with Gasteiger partial charge in [0, 0.05) is 5.69 Å². The molecule has 0 amide bonds. The number of carbonyl (C=O) groups is 1. The summed E-state index contributed by atoms with van der Waals surface area (Å²) in [5.41, 5.74) is 2.56. The Morgan fingerprint density at radius 3 is 2.76 bits per heavy atom. The van der Waals surface area contributed by atoms with E-state index in [-0.39, 0.29) is 0 Å². The van der Waals surface area contributed by atoms with Crippen molar-refractivity contribution in [3.05, 3.63) is 35.3 Å². The lowest BCUT2D eigenvalue weighted by molar-refractivity contribution is 0.0687. The predicted octanol–water partition coefficient (Wildman–Crippen LogP) is 2.54. The molecular weight excluding hydrogens is 216 g/mol. The monoisotopic (exact) mass is 232 g/mol. The molecule has 0 fully saturated rings. The van der Waals surface area contributed by atoms with Crippen LogP contribution in [0.15, 0.2) is 18.2 Å². The Labute approximate surface area is 99.9 Å². The molecule has 2 aromatic rings. The van der Waals surface area contributed by atoms with Crippen molar-refractivity contribution in [2.24, 2.45) is 5.92 Å². The number of hydrogen-bond donors (Lipinski definition) is 1. The molecule has 0 aliphatic rings. The van der Waals surface area contributed by atoms with Crippen molar-refractivity contribution in [3.8, 4) is 0 Å². The summed E-state index contributed by atoms with van der Waals surface area (Å²) in [6.07, 6.45) is 0.683. The van der Waals surface area contributed by atoms with Gasteiger partial charge in [-0.15, -0.1) is 0 Å². The average Bonchev–Trinajstić information content (AvgIpc) is 2.56. The van der Waals surface area contributed by atoms with Gasteiger partial charge in [0.25, 0.3) is 0 Å². The van der Waals surface area contributed by atoms with Crippen molar-refractivity contribution < 1.29 is 9.90 Å². The topological polar surface area (TPSA) is 54.6 Å². The molecule has 2 heterocycles. The third-order valence-corrected chi connectivity index (χ3v) is 2.72. The van der Waals surface area contributed by atoms with Crippen molar-refractivity contribution in [2.75, 3.05) is 0 Å². The summed E-state index contributed by atoms with van der Waals surface area (Å²) >= 11 is 0. The Kier molecular flexibility index (Phi) is 2.88. The van der Waals surface area contributed by atoms with E-state index in [1.54, 1.807) is 4.40 Å². The molecule has 2 rings (SSSR count). The molecule has 0 saturated carbocycles. The van der Waals surface area contributed by atoms with Gasteiger partial charge in [-0.2, -0.15) is 0 Å². The Hall–Kier alpha value is -1.84. The summed E-state index contributed by atoms with van der Waals surface area (Å²) < 4.78 is 1.71. The fraction of sp³-hybridized carbons (Fsp3) is 0.385. The van der Waals surface area contributed by atoms with Gasteiger partial charge in [0.15, 0.2) is 5.69 Å². The highest BCUT2D eigenvalue weighted by Crippen LogP contribution is 2.18. The summed E-state index contributed by atoms with van der Waals surface area (Å²) in [6.45, 7) is 6.01. The Morgan fingerprint density at radius 1 is 1.47 bits per heavy atom. The Balaban J connectivity index is 2.72. The maximum absolute atomic E-state index is 11.4. The van der Waals surface area contributed by atoms with Crippen LogP contribution in [-0.4, -0.2) is 20.5 Å². The standard InChI is InChI=1S/C13H16N2O2/c1-8(2)7-10-12(13(16)17)15-9(3)5-4-6-11(15)14-10/h4-6,8H,7H2,1-3H3,(H,16,17). The molecule has 2 aromatic heterocycles. The van der Waals surface area contributed by atoms with Crippen LogP contribution in [0.25, 0.3) is 5.65 Å². The molecule has 0 atom stereocenters. The van der Waals surface area contributed by atoms with E-state index in [4.69, 9.17) is 0 Å². The smallest absolute Gasteiger partial charge is 0.354 e. The summed E-state index contributed by atoms with van der Waals surface area (Å²) in [6, 6.07) is 5.62. The van der Waals surface area contributed by atoms with Gasteiger partial charge in [0.1, 0.15) is 5.65 Å². The second-order valence-corrected chi connectivity index (χ2v) is 4.67. The summed E-state index contributed by atoms with van der Waals surface area (Å²) in [5, 5.41) is 9.33. The first-order valence-corrected chi connectivity index (χ1v) is 5.71. The minimum Gasteiger partial charge on any atom is -0.477 e. The zero-order chi connectivity index (χ0) is 12.6. The number of nitrogens with zero attached hydrogens (tertiary/aromatic N) is 2. The van der Waals surface area contributed by atoms with Crippen LogP contribution < -0.4 is 0 Å². The number of aromatic nitrogens is 2. The van der Waals surface area contributed by atoms with Crippen LogP contribution >= 0.6 is 0 Å². The van der Waals surface area contributed by atoms with Crippen LogP contribution in [0.4, 0.5) is 0 Å². The normalized spacial score (nSPS) is 11.3. The molecule has 0 radical (unpaired) electrons. The molecule has 0 unspecified atom stereocenters. The number of imidazole rings is 1. The summed E-state index contributed by atoms with van der Waals surface area (Å²) in [7, 11) is 0. The Bertz CT molecular complexity index is 570. The predicted molar refractivity (Wildman–Crippen MR) is 65.4 cm³/mol. The number of pyridine rings is 1. The second kappa shape index (κ2) is 4.20. The van der Waals surface area contributed by atoms with Gasteiger partial charge in [-0.05, 0) is 31.4 Å². The van der Waals surface area contributed by atoms with Crippen molar-refractivity contribution >= 4 is 11.6 Å². The van der Waals surface area contributed by atoms with Gasteiger partial charge in [-0.3, -0.25) is 4.40 Å². The van der Waals surface area contributed by atoms with Crippen molar-refractivity contribution in [1.29, 1.82) is 0 Å². The van der Waals surface area contributed by atoms with Gasteiger partial charge < -0.3 is 5.11 Å². The van der Waals surface area contributed by atoms with E-state index in [9.17, 15) is 9.90 Å². The third-order valence-electron chi connectivity index (χ3n) is 2.72. The minimum atomic E-state index is -0.914. The molecule has 17 heavy (non-hydrogen) atoms. The molecule has 1 N–H and O–H groups in total. The van der Waals surface area contributed by atoms with E-state index in [0.717, 1.165) is 5.69 Å². The first-order valence-electron chi connectivity index (χ1n) is 5.71. The van der Waals surface area contributed by atoms with Crippen LogP contribution in [-0.2, 0) is 6.42 Å². The largest absolute Gasteiger partial charge is 0.477 e. The zero-order valence-electron chi connectivity index (χ0n) is 10.3. The molecule has 0 saturated heterocycles. The van der Waals surface area contributed by atoms with Crippen LogP contribution in [0, 0.1) is 12.8 Å². The highest BCUT2D eigenvalue weighted by atomic mass is 16.4. The highest BCUT2D eigenvalue weighted by Gasteiger charge is 2.19. The molecule has 0 bridgehead atoms. The lowest BCUT2D eigenvalue weighted by Gasteiger charge is -2.04. The SMILES string of the molecule is Cc1cccc2nc(CC(C)C)c(C(=O)O)n12. The van der Waals surface area contributed by atoms with Crippen molar-refractivity contribution in [3.63, 3.8) is 0 Å². The lowest BCUT2D eigenvalue weighted by atomic mass is 10.1. The van der Waals surface area contributed by atoms with Gasteiger partial charge >= 0.3 is 5.97 Å². The number of aryl methyl sites for hydroxylation is 1. The van der Waals surface area contributed by atoms with E-state index < -0.39 is 5.97 Å². The van der Waals surface area contributed by atoms with Crippen molar-refractivity contribution in [2.45, 2.75) is 27.2 Å². The summed E-state index contributed by atoms with van der Waals surface area (Å²) in [5.74, 6) is -0.527. The van der Waals surface area contributed by atoms with Crippen molar-refractivity contribution in [1.82, 2.24) is 9.38 Å². The Morgan fingerprint density at radius 2 is 2.18 bits per heavy atom. The quantitative estimate of drug-likeness (QED) is 0.884. The second-order valence-electron chi connectivity index (χ2n) is 4.67. The lowest BCUT2D eigenvalue weighted by Crippen LogP contribution is -2.08. The maximum atomic E-state index is 11.4. The molecule has 0 aliphatic carbocycles. The highest BCUT2D eigenvalue weighted by molar-refractivity contribution is 5.88. The van der Waals surface area contributed by atoms with E-state index in [0.29, 0.717) is 29.4 Å². The van der Waals surface area contributed by atoms with Crippen LogP contribution in [0.5, 0.6) is 0 Å². The van der Waals surface area contributed by atoms with E-state index in [2.05, 4.69) is 18.8 Å². The van der Waals surface area contributed by atoms with Crippen LogP contribution in [0.2, 0.25) is 0 Å². The molecule has 0 aromatic carbocycles. The van der Waals surface area contributed by atoms with E-state index in [1.807, 2.05) is 25.1 Å². The molecule has 4 nitrogen and oxygen atoms in total. The molecular formula is C13H16N2O2. The van der Waals surface area contributed by atoms with Crippen LogP contribution in [0.3, 0.4) is 0 Å². The molecule has 0 aliphatic heterocycles. The van der Waals surface area contributed by atoms with Gasteiger partial charge in [0.05, 0.1) is 5.69 Å². The van der Waals surface area contributed by atoms with E-state index in [1.165, 1.54) is 0 Å². The fourth-order valence-corrected chi connectivity index (χ4v) is 2.05. The number of aromatic carboxylic acids is 1. The number of carboxylic acids is 1. The molecule has 0 spiro atoms. The molecule has 4 heteroatoms. The fourth-order valence-electron chi connectivity index (χ4n) is 2.05. The first kappa shape index (κ1) is 11.6. The van der Waals surface area contributed by atoms with Gasteiger partial charge in [-0.1, -0.05) is 19.9 Å². The number of carboxylic acid groups (broad SMARTS) is 1. The molecule has 90 valence electrons. The average molecular weight is 232 g/mol. The third kappa shape index (κ3) is 2.02. The number of fused-ring (bicyclic) bond motifs is 1. The van der Waals surface area contributed by atoms with Crippen LogP contribution in [0.1, 0.15) is 35.7 Å². The first-order chi connectivity index (χ1) is 8.00. The maximum Gasteiger partial charge on any atom is 0.354 e. The summed E-state index contributed by atoms with van der Waals surface area (Å²) in [4.78, 5) is 15.8. The minimum absolute atomic E-state index is 0.298. The van der Waals surface area contributed by atoms with E-state index >= 15 is 0 Å². The van der Waals surface area contributed by atoms with Gasteiger partial charge in [-0.25, -0.2) is 9.78 Å². The zero-order valence-corrected chi connectivity index (χ0v) is 10.3.